The van der Waals surface area contributed by atoms with Crippen molar-refractivity contribution in [3.63, 3.8) is 0 Å². The second kappa shape index (κ2) is 4.43. The molecule has 3 heteroatoms. The molecule has 2 bridgehead atoms. The summed E-state index contributed by atoms with van der Waals surface area (Å²) in [6, 6.07) is -0.141. The molecule has 80 valence electrons. The lowest BCUT2D eigenvalue weighted by molar-refractivity contribution is 0.165. The Bertz CT molecular complexity index is 213. The average molecular weight is 197 g/mol. The van der Waals surface area contributed by atoms with E-state index in [1.165, 1.54) is 12.8 Å². The van der Waals surface area contributed by atoms with Crippen molar-refractivity contribution in [2.45, 2.75) is 18.9 Å². The summed E-state index contributed by atoms with van der Waals surface area (Å²) in [6.45, 7) is 0.970. The van der Waals surface area contributed by atoms with E-state index in [-0.39, 0.29) is 19.3 Å². The molecule has 14 heavy (non-hydrogen) atoms. The highest BCUT2D eigenvalue weighted by atomic mass is 16.3. The van der Waals surface area contributed by atoms with Gasteiger partial charge >= 0.3 is 0 Å². The summed E-state index contributed by atoms with van der Waals surface area (Å²) in [5.41, 5.74) is 0. The maximum atomic E-state index is 8.90. The Labute approximate surface area is 84.8 Å². The van der Waals surface area contributed by atoms with Crippen LogP contribution in [0, 0.1) is 17.8 Å². The fourth-order valence-electron chi connectivity index (χ4n) is 2.63. The van der Waals surface area contributed by atoms with Gasteiger partial charge in [0.15, 0.2) is 0 Å². The van der Waals surface area contributed by atoms with Crippen LogP contribution in [0.1, 0.15) is 12.8 Å². The average Bonchev–Trinajstić information content (AvgIpc) is 2.80. The van der Waals surface area contributed by atoms with Crippen LogP contribution in [0.4, 0.5) is 0 Å². The molecule has 3 N–H and O–H groups in total. The molecule has 2 rings (SSSR count). The van der Waals surface area contributed by atoms with E-state index in [2.05, 4.69) is 17.5 Å². The second-order valence-electron chi connectivity index (χ2n) is 4.51. The third-order valence-electron chi connectivity index (χ3n) is 3.53. The standard InChI is InChI=1S/C11H19NO2/c13-6-11(7-14)12-5-10-4-8-1-2-9(10)3-8/h1-2,8-14H,3-7H2/t8-,9-,10+/m0/s1. The number of fused-ring (bicyclic) bond motifs is 2. The first-order valence-electron chi connectivity index (χ1n) is 5.47. The molecule has 1 fully saturated rings. The van der Waals surface area contributed by atoms with Crippen LogP contribution in [-0.2, 0) is 0 Å². The van der Waals surface area contributed by atoms with Crippen molar-refractivity contribution in [1.82, 2.24) is 5.32 Å². The van der Waals surface area contributed by atoms with E-state index in [4.69, 9.17) is 10.2 Å². The normalized spacial score (nSPS) is 34.6. The van der Waals surface area contributed by atoms with Crippen LogP contribution < -0.4 is 5.32 Å². The predicted molar refractivity (Wildman–Crippen MR) is 54.8 cm³/mol. The van der Waals surface area contributed by atoms with E-state index in [0.717, 1.165) is 18.4 Å². The molecular weight excluding hydrogens is 178 g/mol. The molecule has 0 heterocycles. The van der Waals surface area contributed by atoms with Gasteiger partial charge in [-0.2, -0.15) is 0 Å². The zero-order valence-electron chi connectivity index (χ0n) is 8.39. The molecular formula is C11H19NO2. The topological polar surface area (TPSA) is 52.5 Å². The van der Waals surface area contributed by atoms with Gasteiger partial charge in [-0.25, -0.2) is 0 Å². The van der Waals surface area contributed by atoms with Crippen LogP contribution in [0.25, 0.3) is 0 Å². The highest BCUT2D eigenvalue weighted by molar-refractivity contribution is 5.10. The predicted octanol–water partition coefficient (Wildman–Crippen LogP) is 0.141. The van der Waals surface area contributed by atoms with E-state index in [1.54, 1.807) is 0 Å². The molecule has 2 aliphatic carbocycles. The minimum atomic E-state index is -0.141. The fourth-order valence-corrected chi connectivity index (χ4v) is 2.63. The molecule has 1 saturated carbocycles. The molecule has 0 aromatic heterocycles. The Morgan fingerprint density at radius 3 is 2.50 bits per heavy atom. The van der Waals surface area contributed by atoms with Gasteiger partial charge in [-0.1, -0.05) is 12.2 Å². The summed E-state index contributed by atoms with van der Waals surface area (Å²) in [5.74, 6) is 2.25. The molecule has 0 aliphatic heterocycles. The van der Waals surface area contributed by atoms with Crippen molar-refractivity contribution < 1.29 is 10.2 Å². The molecule has 0 unspecified atom stereocenters. The van der Waals surface area contributed by atoms with Gasteiger partial charge in [0, 0.05) is 0 Å². The lowest BCUT2D eigenvalue weighted by Gasteiger charge is -2.21. The van der Waals surface area contributed by atoms with Crippen molar-refractivity contribution in [2.75, 3.05) is 19.8 Å². The maximum absolute atomic E-state index is 8.90. The number of aliphatic hydroxyl groups is 2. The van der Waals surface area contributed by atoms with Crippen LogP contribution in [0.2, 0.25) is 0 Å². The quantitative estimate of drug-likeness (QED) is 0.550. The van der Waals surface area contributed by atoms with Gasteiger partial charge in [-0.15, -0.1) is 0 Å². The molecule has 3 nitrogen and oxygen atoms in total. The van der Waals surface area contributed by atoms with Gasteiger partial charge in [0.1, 0.15) is 0 Å². The summed E-state index contributed by atoms with van der Waals surface area (Å²) >= 11 is 0. The number of aliphatic hydroxyl groups excluding tert-OH is 2. The SMILES string of the molecule is OCC(CO)NC[C@H]1C[C@H]2C=C[C@H]1C2. The maximum Gasteiger partial charge on any atom is 0.0607 e. The molecule has 0 spiro atoms. The van der Waals surface area contributed by atoms with Gasteiger partial charge in [0.05, 0.1) is 19.3 Å². The Morgan fingerprint density at radius 2 is 2.00 bits per heavy atom. The minimum Gasteiger partial charge on any atom is -0.395 e. The first-order chi connectivity index (χ1) is 6.83. The number of hydrogen-bond donors (Lipinski definition) is 3. The van der Waals surface area contributed by atoms with Crippen molar-refractivity contribution in [3.8, 4) is 0 Å². The third kappa shape index (κ3) is 2.00. The highest BCUT2D eigenvalue weighted by Crippen LogP contribution is 2.42. The van der Waals surface area contributed by atoms with Gasteiger partial charge in [-0.05, 0) is 37.1 Å². The van der Waals surface area contributed by atoms with Crippen molar-refractivity contribution in [3.05, 3.63) is 12.2 Å². The van der Waals surface area contributed by atoms with E-state index in [0.29, 0.717) is 5.92 Å². The third-order valence-corrected chi connectivity index (χ3v) is 3.53. The van der Waals surface area contributed by atoms with E-state index in [1.807, 2.05) is 0 Å². The van der Waals surface area contributed by atoms with E-state index >= 15 is 0 Å². The van der Waals surface area contributed by atoms with Gasteiger partial charge in [0.2, 0.25) is 0 Å². The zero-order chi connectivity index (χ0) is 9.97. The second-order valence-corrected chi connectivity index (χ2v) is 4.51. The first-order valence-corrected chi connectivity index (χ1v) is 5.47. The summed E-state index contributed by atoms with van der Waals surface area (Å²) in [5, 5.41) is 21.0. The number of allylic oxidation sites excluding steroid dienone is 2. The summed E-state index contributed by atoms with van der Waals surface area (Å²) in [4.78, 5) is 0. The molecule has 3 atom stereocenters. The Balaban J connectivity index is 1.74. The van der Waals surface area contributed by atoms with Crippen LogP contribution >= 0.6 is 0 Å². The lowest BCUT2D eigenvalue weighted by atomic mass is 9.93. The number of hydrogen-bond acceptors (Lipinski definition) is 3. The lowest BCUT2D eigenvalue weighted by Crippen LogP contribution is -2.39. The summed E-state index contributed by atoms with van der Waals surface area (Å²) < 4.78 is 0. The van der Waals surface area contributed by atoms with Crippen molar-refractivity contribution in [1.29, 1.82) is 0 Å². The summed E-state index contributed by atoms with van der Waals surface area (Å²) in [7, 11) is 0. The number of rotatable bonds is 5. The smallest absolute Gasteiger partial charge is 0.0607 e. The zero-order valence-corrected chi connectivity index (χ0v) is 8.39. The molecule has 2 aliphatic rings. The van der Waals surface area contributed by atoms with Crippen LogP contribution in [0.15, 0.2) is 12.2 Å². The largest absolute Gasteiger partial charge is 0.395 e. The number of nitrogens with one attached hydrogen (secondary N) is 1. The molecule has 0 amide bonds. The first kappa shape index (κ1) is 10.1. The van der Waals surface area contributed by atoms with E-state index < -0.39 is 0 Å². The Morgan fingerprint density at radius 1 is 1.21 bits per heavy atom. The Hall–Kier alpha value is -0.380. The van der Waals surface area contributed by atoms with Gasteiger partial charge in [-0.3, -0.25) is 0 Å². The molecule has 0 aromatic rings. The fraction of sp³-hybridized carbons (Fsp3) is 0.818. The minimum absolute atomic E-state index is 0.0210. The molecule has 0 radical (unpaired) electrons. The van der Waals surface area contributed by atoms with Gasteiger partial charge < -0.3 is 15.5 Å². The van der Waals surface area contributed by atoms with Crippen molar-refractivity contribution in [2.24, 2.45) is 17.8 Å². The molecule has 0 aromatic carbocycles. The van der Waals surface area contributed by atoms with Crippen LogP contribution in [-0.4, -0.2) is 36.0 Å². The van der Waals surface area contributed by atoms with Crippen LogP contribution in [0.5, 0.6) is 0 Å². The Kier molecular flexibility index (Phi) is 3.21. The van der Waals surface area contributed by atoms with Crippen molar-refractivity contribution >= 4 is 0 Å². The van der Waals surface area contributed by atoms with E-state index in [9.17, 15) is 0 Å². The highest BCUT2D eigenvalue weighted by Gasteiger charge is 2.35. The van der Waals surface area contributed by atoms with Gasteiger partial charge in [0.25, 0.3) is 0 Å². The monoisotopic (exact) mass is 197 g/mol. The molecule has 0 saturated heterocycles. The summed E-state index contributed by atoms with van der Waals surface area (Å²) in [6.07, 6.45) is 7.25. The van der Waals surface area contributed by atoms with Crippen LogP contribution in [0.3, 0.4) is 0 Å².